The van der Waals surface area contributed by atoms with E-state index >= 15 is 0 Å². The fourth-order valence-corrected chi connectivity index (χ4v) is 4.20. The third kappa shape index (κ3) is 6.39. The van der Waals surface area contributed by atoms with Gasteiger partial charge in [0.1, 0.15) is 12.2 Å². The van der Waals surface area contributed by atoms with E-state index in [1.54, 1.807) is 6.08 Å². The Bertz CT molecular complexity index is 858. The van der Waals surface area contributed by atoms with Crippen LogP contribution in [0.15, 0.2) is 23.5 Å². The summed E-state index contributed by atoms with van der Waals surface area (Å²) in [6.45, 7) is 10.9. The quantitative estimate of drug-likeness (QED) is 0.286. The van der Waals surface area contributed by atoms with Crippen molar-refractivity contribution in [3.63, 3.8) is 0 Å². The van der Waals surface area contributed by atoms with Gasteiger partial charge in [-0.1, -0.05) is 27.7 Å². The van der Waals surface area contributed by atoms with Gasteiger partial charge in [-0.15, -0.1) is 0 Å². The summed E-state index contributed by atoms with van der Waals surface area (Å²) < 4.78 is 28.3. The van der Waals surface area contributed by atoms with Crippen molar-refractivity contribution in [2.75, 3.05) is 13.2 Å². The first kappa shape index (κ1) is 26.2. The van der Waals surface area contributed by atoms with Crippen LogP contribution in [0, 0.1) is 17.8 Å². The first-order chi connectivity index (χ1) is 15.8. The van der Waals surface area contributed by atoms with Gasteiger partial charge in [-0.05, 0) is 37.3 Å². The van der Waals surface area contributed by atoms with Gasteiger partial charge < -0.3 is 28.8 Å². The fourth-order valence-electron chi connectivity index (χ4n) is 4.20. The zero-order chi connectivity index (χ0) is 25.3. The van der Waals surface area contributed by atoms with Crippen molar-refractivity contribution in [2.24, 2.45) is 17.8 Å². The Morgan fingerprint density at radius 3 is 2.21 bits per heavy atom. The van der Waals surface area contributed by atoms with E-state index < -0.39 is 41.5 Å². The summed E-state index contributed by atoms with van der Waals surface area (Å²) in [6.07, 6.45) is 1.88. The molecule has 9 heteroatoms. The number of rotatable bonds is 10. The average Bonchev–Trinajstić information content (AvgIpc) is 3.38. The molecular formula is C25H36O9. The Morgan fingerprint density at radius 1 is 1.09 bits per heavy atom. The van der Waals surface area contributed by atoms with Crippen molar-refractivity contribution < 1.29 is 43.2 Å². The lowest BCUT2D eigenvalue weighted by atomic mass is 9.85. The predicted octanol–water partition coefficient (Wildman–Crippen LogP) is 2.80. The smallest absolute Gasteiger partial charge is 0.309 e. The minimum absolute atomic E-state index is 0.105. The second-order valence-corrected chi connectivity index (χ2v) is 10.7. The molecule has 0 aromatic rings. The van der Waals surface area contributed by atoms with Crippen molar-refractivity contribution >= 4 is 17.9 Å². The molecule has 2 heterocycles. The SMILES string of the molecule is CC(C)CC(=O)OC1OC=C(COC(=O)CC(C)(C)O)C2=CC(OC(=O)CC(C)C)C3(CO3)C21. The van der Waals surface area contributed by atoms with Crippen LogP contribution in [0.3, 0.4) is 0 Å². The molecule has 190 valence electrons. The number of aliphatic hydroxyl groups is 1. The third-order valence-corrected chi connectivity index (χ3v) is 5.76. The van der Waals surface area contributed by atoms with E-state index in [0.717, 1.165) is 0 Å². The number of hydrogen-bond acceptors (Lipinski definition) is 9. The summed E-state index contributed by atoms with van der Waals surface area (Å²) in [5.41, 5.74) is -0.824. The molecule has 3 rings (SSSR count). The summed E-state index contributed by atoms with van der Waals surface area (Å²) in [7, 11) is 0. The predicted molar refractivity (Wildman–Crippen MR) is 120 cm³/mol. The third-order valence-electron chi connectivity index (χ3n) is 5.76. The molecule has 1 fully saturated rings. The first-order valence-electron chi connectivity index (χ1n) is 11.8. The van der Waals surface area contributed by atoms with E-state index in [-0.39, 0.29) is 43.7 Å². The van der Waals surface area contributed by atoms with Crippen molar-refractivity contribution in [3.8, 4) is 0 Å². The molecule has 2 aliphatic heterocycles. The minimum atomic E-state index is -1.19. The maximum Gasteiger partial charge on any atom is 0.309 e. The number of fused-ring (bicyclic) bond motifs is 2. The Hall–Kier alpha value is -2.39. The highest BCUT2D eigenvalue weighted by Crippen LogP contribution is 2.54. The molecule has 1 saturated heterocycles. The average molecular weight is 481 g/mol. The Balaban J connectivity index is 1.80. The van der Waals surface area contributed by atoms with E-state index in [2.05, 4.69) is 0 Å². The van der Waals surface area contributed by atoms with Crippen LogP contribution in [0.4, 0.5) is 0 Å². The Labute approximate surface area is 200 Å². The van der Waals surface area contributed by atoms with Crippen LogP contribution in [0.5, 0.6) is 0 Å². The van der Waals surface area contributed by atoms with E-state index in [0.29, 0.717) is 17.8 Å². The molecular weight excluding hydrogens is 444 g/mol. The Kier molecular flexibility index (Phi) is 7.77. The second-order valence-electron chi connectivity index (χ2n) is 10.7. The van der Waals surface area contributed by atoms with Gasteiger partial charge in [0.2, 0.25) is 0 Å². The molecule has 1 spiro atoms. The van der Waals surface area contributed by atoms with Gasteiger partial charge in [0.15, 0.2) is 6.10 Å². The molecule has 34 heavy (non-hydrogen) atoms. The van der Waals surface area contributed by atoms with Gasteiger partial charge in [0, 0.05) is 18.4 Å². The normalized spacial score (nSPS) is 27.6. The number of ether oxygens (including phenoxy) is 5. The van der Waals surface area contributed by atoms with E-state index in [4.69, 9.17) is 23.7 Å². The molecule has 4 unspecified atom stereocenters. The molecule has 0 radical (unpaired) electrons. The summed E-state index contributed by atoms with van der Waals surface area (Å²) in [5.74, 6) is -1.59. The van der Waals surface area contributed by atoms with Gasteiger partial charge in [-0.2, -0.15) is 0 Å². The number of carbonyl (C=O) groups is 3. The van der Waals surface area contributed by atoms with Crippen LogP contribution >= 0.6 is 0 Å². The molecule has 3 aliphatic rings. The minimum Gasteiger partial charge on any atom is -0.461 e. The van der Waals surface area contributed by atoms with Crippen molar-refractivity contribution in [1.29, 1.82) is 0 Å². The maximum atomic E-state index is 12.4. The van der Waals surface area contributed by atoms with Crippen LogP contribution < -0.4 is 0 Å². The van der Waals surface area contributed by atoms with E-state index in [1.165, 1.54) is 20.1 Å². The van der Waals surface area contributed by atoms with Crippen LogP contribution in [0.25, 0.3) is 0 Å². The van der Waals surface area contributed by atoms with Crippen LogP contribution in [0.2, 0.25) is 0 Å². The molecule has 0 bridgehead atoms. The molecule has 0 amide bonds. The zero-order valence-corrected chi connectivity index (χ0v) is 20.8. The number of hydrogen-bond donors (Lipinski definition) is 1. The summed E-state index contributed by atoms with van der Waals surface area (Å²) in [6, 6.07) is 0. The summed E-state index contributed by atoms with van der Waals surface area (Å²) in [5, 5.41) is 9.85. The van der Waals surface area contributed by atoms with Gasteiger partial charge in [-0.25, -0.2) is 0 Å². The lowest BCUT2D eigenvalue weighted by Crippen LogP contribution is -2.45. The van der Waals surface area contributed by atoms with Crippen molar-refractivity contribution in [1.82, 2.24) is 0 Å². The molecule has 1 aliphatic carbocycles. The number of epoxide rings is 1. The largest absolute Gasteiger partial charge is 0.461 e. The zero-order valence-electron chi connectivity index (χ0n) is 20.8. The molecule has 4 atom stereocenters. The lowest BCUT2D eigenvalue weighted by molar-refractivity contribution is -0.186. The highest BCUT2D eigenvalue weighted by atomic mass is 16.7. The van der Waals surface area contributed by atoms with E-state index in [9.17, 15) is 19.5 Å². The topological polar surface area (TPSA) is 121 Å². The van der Waals surface area contributed by atoms with Gasteiger partial charge in [0.25, 0.3) is 6.29 Å². The highest BCUT2D eigenvalue weighted by Gasteiger charge is 2.68. The van der Waals surface area contributed by atoms with Crippen molar-refractivity contribution in [2.45, 2.75) is 84.4 Å². The van der Waals surface area contributed by atoms with Gasteiger partial charge in [0.05, 0.1) is 30.8 Å². The molecule has 0 aromatic carbocycles. The molecule has 0 saturated carbocycles. The van der Waals surface area contributed by atoms with Crippen LogP contribution in [-0.4, -0.2) is 59.8 Å². The first-order valence-corrected chi connectivity index (χ1v) is 11.8. The number of esters is 3. The van der Waals surface area contributed by atoms with Gasteiger partial charge in [-0.3, -0.25) is 14.4 Å². The maximum absolute atomic E-state index is 12.4. The van der Waals surface area contributed by atoms with Crippen LogP contribution in [-0.2, 0) is 38.1 Å². The Morgan fingerprint density at radius 2 is 1.68 bits per heavy atom. The fraction of sp³-hybridized carbons (Fsp3) is 0.720. The second kappa shape index (κ2) is 10.1. The van der Waals surface area contributed by atoms with Gasteiger partial charge >= 0.3 is 17.9 Å². The lowest BCUT2D eigenvalue weighted by Gasteiger charge is -2.33. The molecule has 0 aromatic heterocycles. The summed E-state index contributed by atoms with van der Waals surface area (Å²) in [4.78, 5) is 36.9. The van der Waals surface area contributed by atoms with Crippen LogP contribution in [0.1, 0.15) is 60.8 Å². The van der Waals surface area contributed by atoms with Crippen molar-refractivity contribution in [3.05, 3.63) is 23.5 Å². The standard InChI is InChI=1S/C25H36O9/c1-14(2)7-19(26)33-18-9-17-16(11-30-21(28)10-24(5,6)29)12-31-23(22(17)25(18)13-32-25)34-20(27)8-15(3)4/h9,12,14-15,18,22-23,29H,7-8,10-11,13H2,1-6H3. The molecule has 9 nitrogen and oxygen atoms in total. The monoisotopic (exact) mass is 480 g/mol. The number of carbonyl (C=O) groups excluding carboxylic acids is 3. The summed E-state index contributed by atoms with van der Waals surface area (Å²) >= 11 is 0. The highest BCUT2D eigenvalue weighted by molar-refractivity contribution is 5.72. The van der Waals surface area contributed by atoms with E-state index in [1.807, 2.05) is 27.7 Å². The molecule has 1 N–H and O–H groups in total.